The molecule has 0 spiro atoms. The average Bonchev–Trinajstić information content (AvgIpc) is 3.15. The average molecular weight is 474 g/mol. The molecule has 0 aromatic heterocycles. The first-order valence-electron chi connectivity index (χ1n) is 12.3. The zero-order chi connectivity index (χ0) is 23.0. The summed E-state index contributed by atoms with van der Waals surface area (Å²) in [6, 6.07) is 5.31. The minimum absolute atomic E-state index is 0.0981. The van der Waals surface area contributed by atoms with Gasteiger partial charge in [0, 0.05) is 36.5 Å². The number of rotatable bonds is 11. The van der Waals surface area contributed by atoms with Crippen molar-refractivity contribution in [2.75, 3.05) is 38.6 Å². The van der Waals surface area contributed by atoms with Crippen molar-refractivity contribution >= 4 is 29.5 Å². The third kappa shape index (κ3) is 6.37. The number of benzene rings is 1. The predicted molar refractivity (Wildman–Crippen MR) is 128 cm³/mol. The van der Waals surface area contributed by atoms with Crippen molar-refractivity contribution in [1.82, 2.24) is 15.1 Å². The van der Waals surface area contributed by atoms with Gasteiger partial charge in [0.1, 0.15) is 6.04 Å². The third-order valence-corrected chi connectivity index (χ3v) is 7.96. The zero-order valence-electron chi connectivity index (χ0n) is 19.4. The standard InChI is InChI=1S/C25H35N3O4S/c29-23-11-10-21(24(30)26-23)28-18-20-19(25(28)31)8-7-9-22(20)33-17-6-4-2-1-3-5-12-27-13-15-32-16-14-27/h7-9,21H,1-6,10-18H2,(H,26,29,30). The van der Waals surface area contributed by atoms with E-state index in [9.17, 15) is 14.4 Å². The maximum atomic E-state index is 12.9. The van der Waals surface area contributed by atoms with Crippen LogP contribution >= 0.6 is 11.8 Å². The Labute approximate surface area is 200 Å². The highest BCUT2D eigenvalue weighted by Gasteiger charge is 2.39. The summed E-state index contributed by atoms with van der Waals surface area (Å²) in [5.41, 5.74) is 1.73. The molecule has 3 heterocycles. The number of hydrogen-bond donors (Lipinski definition) is 1. The lowest BCUT2D eigenvalue weighted by atomic mass is 10.0. The number of imide groups is 1. The Hall–Kier alpha value is -1.90. The molecule has 0 radical (unpaired) electrons. The van der Waals surface area contributed by atoms with Crippen LogP contribution in [0.1, 0.15) is 67.3 Å². The lowest BCUT2D eigenvalue weighted by molar-refractivity contribution is -0.136. The predicted octanol–water partition coefficient (Wildman–Crippen LogP) is 3.21. The van der Waals surface area contributed by atoms with E-state index in [2.05, 4.69) is 16.3 Å². The van der Waals surface area contributed by atoms with E-state index in [0.29, 0.717) is 18.5 Å². The molecule has 180 valence electrons. The second kappa shape index (κ2) is 12.0. The first-order chi connectivity index (χ1) is 16.1. The number of morpholine rings is 1. The van der Waals surface area contributed by atoms with E-state index in [1.54, 1.807) is 4.90 Å². The molecule has 1 aromatic rings. The number of fused-ring (bicyclic) bond motifs is 1. The molecular weight excluding hydrogens is 438 g/mol. The molecule has 4 rings (SSSR count). The fraction of sp³-hybridized carbons (Fsp3) is 0.640. The van der Waals surface area contributed by atoms with Crippen molar-refractivity contribution in [2.45, 2.75) is 68.8 Å². The summed E-state index contributed by atoms with van der Waals surface area (Å²) in [6.45, 7) is 5.57. The molecule has 3 aliphatic heterocycles. The summed E-state index contributed by atoms with van der Waals surface area (Å²) >= 11 is 1.81. The third-order valence-electron chi connectivity index (χ3n) is 6.77. The summed E-state index contributed by atoms with van der Waals surface area (Å²) < 4.78 is 5.39. The van der Waals surface area contributed by atoms with Gasteiger partial charge in [0.15, 0.2) is 0 Å². The number of ether oxygens (including phenoxy) is 1. The molecule has 1 N–H and O–H groups in total. The Bertz CT molecular complexity index is 856. The van der Waals surface area contributed by atoms with Gasteiger partial charge < -0.3 is 9.64 Å². The minimum Gasteiger partial charge on any atom is -0.379 e. The van der Waals surface area contributed by atoms with Crippen LogP contribution in [0.15, 0.2) is 23.1 Å². The molecule has 3 amide bonds. The maximum absolute atomic E-state index is 12.9. The lowest BCUT2D eigenvalue weighted by Gasteiger charge is -2.29. The van der Waals surface area contributed by atoms with Gasteiger partial charge >= 0.3 is 0 Å². The van der Waals surface area contributed by atoms with Gasteiger partial charge in [-0.15, -0.1) is 11.8 Å². The van der Waals surface area contributed by atoms with Crippen LogP contribution in [0.4, 0.5) is 0 Å². The monoisotopic (exact) mass is 473 g/mol. The van der Waals surface area contributed by atoms with Crippen LogP contribution < -0.4 is 5.32 Å². The second-order valence-corrected chi connectivity index (χ2v) is 10.2. The fourth-order valence-corrected chi connectivity index (χ4v) is 5.94. The summed E-state index contributed by atoms with van der Waals surface area (Å²) in [5, 5.41) is 2.37. The molecule has 7 nitrogen and oxygen atoms in total. The second-order valence-electron chi connectivity index (χ2n) is 9.11. The molecule has 2 fully saturated rings. The van der Waals surface area contributed by atoms with Gasteiger partial charge in [0.25, 0.3) is 5.91 Å². The van der Waals surface area contributed by atoms with Gasteiger partial charge in [-0.1, -0.05) is 31.7 Å². The van der Waals surface area contributed by atoms with Crippen molar-refractivity contribution < 1.29 is 19.1 Å². The van der Waals surface area contributed by atoms with Crippen LogP contribution in [-0.2, 0) is 20.9 Å². The molecule has 33 heavy (non-hydrogen) atoms. The van der Waals surface area contributed by atoms with Crippen molar-refractivity contribution in [3.8, 4) is 0 Å². The Morgan fingerprint density at radius 1 is 1.00 bits per heavy atom. The number of unbranched alkanes of at least 4 members (excludes halogenated alkanes) is 5. The summed E-state index contributed by atoms with van der Waals surface area (Å²) in [7, 11) is 0. The quantitative estimate of drug-likeness (QED) is 0.302. The molecule has 3 aliphatic rings. The number of carbonyl (C=O) groups excluding carboxylic acids is 3. The summed E-state index contributed by atoms with van der Waals surface area (Å²) in [4.78, 5) is 41.9. The highest BCUT2D eigenvalue weighted by atomic mass is 32.2. The SMILES string of the molecule is O=C1CCC(N2Cc3c(SCCCCCCCCN4CCOCC4)cccc3C2=O)C(=O)N1. The van der Waals surface area contributed by atoms with Crippen LogP contribution in [0.5, 0.6) is 0 Å². The van der Waals surface area contributed by atoms with E-state index in [0.717, 1.165) is 42.5 Å². The highest BCUT2D eigenvalue weighted by Crippen LogP contribution is 2.34. The van der Waals surface area contributed by atoms with E-state index in [1.165, 1.54) is 45.1 Å². The van der Waals surface area contributed by atoms with E-state index >= 15 is 0 Å². The first kappa shape index (κ1) is 24.2. The zero-order valence-corrected chi connectivity index (χ0v) is 20.2. The number of carbonyl (C=O) groups is 3. The van der Waals surface area contributed by atoms with Crippen LogP contribution in [0.2, 0.25) is 0 Å². The summed E-state index contributed by atoms with van der Waals surface area (Å²) in [6.07, 6.45) is 8.25. The Morgan fingerprint density at radius 3 is 2.55 bits per heavy atom. The smallest absolute Gasteiger partial charge is 0.255 e. The molecule has 0 aliphatic carbocycles. The van der Waals surface area contributed by atoms with Gasteiger partial charge in [-0.3, -0.25) is 24.6 Å². The van der Waals surface area contributed by atoms with Crippen LogP contribution in [0.25, 0.3) is 0 Å². The lowest BCUT2D eigenvalue weighted by Crippen LogP contribution is -2.52. The Morgan fingerprint density at radius 2 is 1.76 bits per heavy atom. The number of nitrogens with zero attached hydrogens (tertiary/aromatic N) is 2. The van der Waals surface area contributed by atoms with Crippen molar-refractivity contribution in [3.05, 3.63) is 29.3 Å². The molecule has 1 aromatic carbocycles. The van der Waals surface area contributed by atoms with Gasteiger partial charge in [0.05, 0.1) is 13.2 Å². The van der Waals surface area contributed by atoms with Crippen LogP contribution in [0.3, 0.4) is 0 Å². The van der Waals surface area contributed by atoms with E-state index in [1.807, 2.05) is 23.9 Å². The fourth-order valence-electron chi connectivity index (χ4n) is 4.84. The molecule has 2 saturated heterocycles. The van der Waals surface area contributed by atoms with Gasteiger partial charge in [-0.25, -0.2) is 0 Å². The highest BCUT2D eigenvalue weighted by molar-refractivity contribution is 7.99. The number of hydrogen-bond acceptors (Lipinski definition) is 6. The molecule has 0 saturated carbocycles. The van der Waals surface area contributed by atoms with Crippen LogP contribution in [-0.4, -0.2) is 72.2 Å². The summed E-state index contributed by atoms with van der Waals surface area (Å²) in [5.74, 6) is 0.330. The largest absolute Gasteiger partial charge is 0.379 e. The minimum atomic E-state index is -0.552. The molecule has 1 atom stereocenters. The number of nitrogens with one attached hydrogen (secondary N) is 1. The topological polar surface area (TPSA) is 79.0 Å². The number of amides is 3. The number of piperidine rings is 1. The molecule has 1 unspecified atom stereocenters. The van der Waals surface area contributed by atoms with Crippen molar-refractivity contribution in [3.63, 3.8) is 0 Å². The van der Waals surface area contributed by atoms with Crippen LogP contribution in [0, 0.1) is 0 Å². The Kier molecular flexibility index (Phi) is 8.81. The van der Waals surface area contributed by atoms with E-state index in [4.69, 9.17) is 4.74 Å². The van der Waals surface area contributed by atoms with Gasteiger partial charge in [-0.05, 0) is 49.3 Å². The van der Waals surface area contributed by atoms with Gasteiger partial charge in [-0.2, -0.15) is 0 Å². The molecule has 0 bridgehead atoms. The van der Waals surface area contributed by atoms with E-state index in [-0.39, 0.29) is 24.1 Å². The molecular formula is C25H35N3O4S. The Balaban J connectivity index is 1.16. The maximum Gasteiger partial charge on any atom is 0.255 e. The first-order valence-corrected chi connectivity index (χ1v) is 13.3. The number of thioether (sulfide) groups is 1. The normalized spacial score (nSPS) is 21.4. The molecule has 8 heteroatoms. The van der Waals surface area contributed by atoms with Crippen molar-refractivity contribution in [2.24, 2.45) is 0 Å². The van der Waals surface area contributed by atoms with E-state index < -0.39 is 6.04 Å². The van der Waals surface area contributed by atoms with Gasteiger partial charge in [0.2, 0.25) is 11.8 Å². The van der Waals surface area contributed by atoms with Crippen molar-refractivity contribution in [1.29, 1.82) is 0 Å².